The highest BCUT2D eigenvalue weighted by Crippen LogP contribution is 2.34. The average Bonchev–Trinajstić information content (AvgIpc) is 2.62. The van der Waals surface area contributed by atoms with Crippen LogP contribution in [-0.2, 0) is 11.3 Å². The van der Waals surface area contributed by atoms with Crippen molar-refractivity contribution in [3.05, 3.63) is 35.0 Å². The first kappa shape index (κ1) is 11.0. The van der Waals surface area contributed by atoms with Crippen molar-refractivity contribution in [1.29, 1.82) is 0 Å². The summed E-state index contributed by atoms with van der Waals surface area (Å²) in [6, 6.07) is 7.39. The minimum atomic E-state index is 0.250. The maximum absolute atomic E-state index is 6.09. The number of halogens is 1. The number of anilines is 1. The van der Waals surface area contributed by atoms with Gasteiger partial charge < -0.3 is 15.0 Å². The smallest absolute Gasteiger partial charge is 0.230 e. The number of hydrogen-bond acceptors (Lipinski definition) is 4. The van der Waals surface area contributed by atoms with Gasteiger partial charge in [-0.15, -0.1) is 0 Å². The number of nitrogens with zero attached hydrogens (tertiary/aromatic N) is 1. The molecule has 0 aliphatic rings. The van der Waals surface area contributed by atoms with E-state index < -0.39 is 0 Å². The van der Waals surface area contributed by atoms with Crippen LogP contribution in [0.15, 0.2) is 28.8 Å². The second kappa shape index (κ2) is 4.55. The molecule has 2 rings (SSSR count). The largest absolute Gasteiger partial charge is 0.378 e. The topological polar surface area (TPSA) is 61.3 Å². The van der Waals surface area contributed by atoms with Crippen LogP contribution in [0.5, 0.6) is 0 Å². The Morgan fingerprint density at radius 2 is 2.19 bits per heavy atom. The number of ether oxygens (including phenoxy) is 1. The summed E-state index contributed by atoms with van der Waals surface area (Å²) in [5, 5.41) is 4.45. The van der Waals surface area contributed by atoms with E-state index in [4.69, 9.17) is 26.6 Å². The van der Waals surface area contributed by atoms with E-state index in [1.807, 2.05) is 18.2 Å². The number of rotatable bonds is 3. The average molecular weight is 239 g/mol. The van der Waals surface area contributed by atoms with Crippen LogP contribution in [0, 0.1) is 0 Å². The predicted octanol–water partition coefficient (Wildman–Crippen LogP) is 2.72. The van der Waals surface area contributed by atoms with Gasteiger partial charge in [0.25, 0.3) is 0 Å². The fraction of sp³-hybridized carbons (Fsp3) is 0.182. The first-order valence-electron chi connectivity index (χ1n) is 4.72. The second-order valence-corrected chi connectivity index (χ2v) is 3.69. The molecule has 0 unspecified atom stereocenters. The molecule has 0 fully saturated rings. The monoisotopic (exact) mass is 238 g/mol. The third kappa shape index (κ3) is 1.89. The van der Waals surface area contributed by atoms with Crippen LogP contribution in [0.1, 0.15) is 5.69 Å². The van der Waals surface area contributed by atoms with E-state index in [0.29, 0.717) is 22.9 Å². The van der Waals surface area contributed by atoms with Gasteiger partial charge in [0, 0.05) is 17.7 Å². The summed E-state index contributed by atoms with van der Waals surface area (Å²) in [5.74, 6) is 0.250. The van der Waals surface area contributed by atoms with Gasteiger partial charge in [0.2, 0.25) is 5.88 Å². The standard InChI is InChI=1S/C11H11ClN2O2/c1-15-6-9-10(11(13)16-14-9)7-4-2-3-5-8(7)12/h2-5H,6,13H2,1H3. The van der Waals surface area contributed by atoms with Gasteiger partial charge in [0.05, 0.1) is 12.2 Å². The number of nitrogen functional groups attached to an aromatic ring is 1. The van der Waals surface area contributed by atoms with Gasteiger partial charge >= 0.3 is 0 Å². The Kier molecular flexibility index (Phi) is 3.12. The van der Waals surface area contributed by atoms with Gasteiger partial charge in [-0.05, 0) is 6.07 Å². The van der Waals surface area contributed by atoms with Gasteiger partial charge in [-0.3, -0.25) is 0 Å². The lowest BCUT2D eigenvalue weighted by molar-refractivity contribution is 0.178. The highest BCUT2D eigenvalue weighted by Gasteiger charge is 2.17. The van der Waals surface area contributed by atoms with Gasteiger partial charge in [-0.1, -0.05) is 35.0 Å². The van der Waals surface area contributed by atoms with Crippen molar-refractivity contribution in [3.8, 4) is 11.1 Å². The lowest BCUT2D eigenvalue weighted by atomic mass is 10.1. The predicted molar refractivity (Wildman–Crippen MR) is 62.1 cm³/mol. The van der Waals surface area contributed by atoms with Gasteiger partial charge in [-0.25, -0.2) is 0 Å². The molecule has 0 saturated carbocycles. The molecule has 4 nitrogen and oxygen atoms in total. The summed E-state index contributed by atoms with van der Waals surface area (Å²) >= 11 is 6.09. The molecule has 2 N–H and O–H groups in total. The van der Waals surface area contributed by atoms with Crippen molar-refractivity contribution in [2.24, 2.45) is 0 Å². The van der Waals surface area contributed by atoms with Crippen LogP contribution in [-0.4, -0.2) is 12.3 Å². The third-order valence-electron chi connectivity index (χ3n) is 2.21. The van der Waals surface area contributed by atoms with E-state index in [1.165, 1.54) is 0 Å². The molecule has 0 bridgehead atoms. The van der Waals surface area contributed by atoms with Crippen molar-refractivity contribution < 1.29 is 9.26 Å². The van der Waals surface area contributed by atoms with Crippen LogP contribution in [0.4, 0.5) is 5.88 Å². The summed E-state index contributed by atoms with van der Waals surface area (Å²) in [4.78, 5) is 0. The first-order valence-corrected chi connectivity index (χ1v) is 5.09. The molecule has 0 aliphatic heterocycles. The quantitative estimate of drug-likeness (QED) is 0.893. The number of hydrogen-bond donors (Lipinski definition) is 1. The zero-order valence-corrected chi connectivity index (χ0v) is 9.49. The Labute approximate surface area is 97.9 Å². The molecule has 0 spiro atoms. The van der Waals surface area contributed by atoms with E-state index in [2.05, 4.69) is 5.16 Å². The second-order valence-electron chi connectivity index (χ2n) is 3.28. The molecule has 16 heavy (non-hydrogen) atoms. The van der Waals surface area contributed by atoms with Gasteiger partial charge in [0.1, 0.15) is 5.69 Å². The number of benzene rings is 1. The van der Waals surface area contributed by atoms with E-state index in [-0.39, 0.29) is 5.88 Å². The Morgan fingerprint density at radius 3 is 2.88 bits per heavy atom. The normalized spacial score (nSPS) is 10.6. The van der Waals surface area contributed by atoms with Crippen molar-refractivity contribution in [1.82, 2.24) is 5.16 Å². The SMILES string of the molecule is COCc1noc(N)c1-c1ccccc1Cl. The zero-order valence-electron chi connectivity index (χ0n) is 8.74. The van der Waals surface area contributed by atoms with Crippen LogP contribution in [0.25, 0.3) is 11.1 Å². The van der Waals surface area contributed by atoms with Crippen LogP contribution in [0.3, 0.4) is 0 Å². The fourth-order valence-corrected chi connectivity index (χ4v) is 1.76. The maximum Gasteiger partial charge on any atom is 0.230 e. The number of nitrogens with two attached hydrogens (primary N) is 1. The lowest BCUT2D eigenvalue weighted by Crippen LogP contribution is -1.93. The van der Waals surface area contributed by atoms with E-state index in [1.54, 1.807) is 13.2 Å². The van der Waals surface area contributed by atoms with Crippen molar-refractivity contribution >= 4 is 17.5 Å². The molecule has 5 heteroatoms. The molecular weight excluding hydrogens is 228 g/mol. The summed E-state index contributed by atoms with van der Waals surface area (Å²) < 4.78 is 9.97. The third-order valence-corrected chi connectivity index (χ3v) is 2.54. The number of methoxy groups -OCH3 is 1. The van der Waals surface area contributed by atoms with E-state index in [0.717, 1.165) is 5.56 Å². The van der Waals surface area contributed by atoms with E-state index in [9.17, 15) is 0 Å². The Bertz CT molecular complexity index is 496. The highest BCUT2D eigenvalue weighted by molar-refractivity contribution is 6.33. The molecule has 0 radical (unpaired) electrons. The molecule has 1 heterocycles. The molecule has 0 aliphatic carbocycles. The highest BCUT2D eigenvalue weighted by atomic mass is 35.5. The van der Waals surface area contributed by atoms with Crippen LogP contribution < -0.4 is 5.73 Å². The number of aromatic nitrogens is 1. The summed E-state index contributed by atoms with van der Waals surface area (Å²) in [6.45, 7) is 0.335. The van der Waals surface area contributed by atoms with Crippen LogP contribution in [0.2, 0.25) is 5.02 Å². The molecular formula is C11H11ClN2O2. The summed E-state index contributed by atoms with van der Waals surface area (Å²) in [7, 11) is 1.58. The molecule has 0 saturated heterocycles. The minimum absolute atomic E-state index is 0.250. The van der Waals surface area contributed by atoms with Crippen molar-refractivity contribution in [3.63, 3.8) is 0 Å². The Balaban J connectivity index is 2.54. The Hall–Kier alpha value is -1.52. The lowest BCUT2D eigenvalue weighted by Gasteiger charge is -2.03. The minimum Gasteiger partial charge on any atom is -0.378 e. The van der Waals surface area contributed by atoms with E-state index >= 15 is 0 Å². The van der Waals surface area contributed by atoms with Crippen molar-refractivity contribution in [2.45, 2.75) is 6.61 Å². The molecule has 84 valence electrons. The molecule has 2 aromatic rings. The van der Waals surface area contributed by atoms with Crippen molar-refractivity contribution in [2.75, 3.05) is 12.8 Å². The maximum atomic E-state index is 6.09. The van der Waals surface area contributed by atoms with Gasteiger partial charge in [0.15, 0.2) is 0 Å². The molecule has 1 aromatic heterocycles. The zero-order chi connectivity index (χ0) is 11.5. The molecule has 0 amide bonds. The summed E-state index contributed by atoms with van der Waals surface area (Å²) in [5.41, 5.74) is 7.88. The Morgan fingerprint density at radius 1 is 1.44 bits per heavy atom. The van der Waals surface area contributed by atoms with Gasteiger partial charge in [-0.2, -0.15) is 0 Å². The fourth-order valence-electron chi connectivity index (χ4n) is 1.53. The molecule has 0 atom stereocenters. The van der Waals surface area contributed by atoms with Crippen LogP contribution >= 0.6 is 11.6 Å². The first-order chi connectivity index (χ1) is 7.74. The summed E-state index contributed by atoms with van der Waals surface area (Å²) in [6.07, 6.45) is 0. The molecule has 1 aromatic carbocycles.